The van der Waals surface area contributed by atoms with Gasteiger partial charge in [-0.1, -0.05) is 0 Å². The van der Waals surface area contributed by atoms with Crippen LogP contribution in [0.3, 0.4) is 0 Å². The fourth-order valence-electron chi connectivity index (χ4n) is 2.89. The average Bonchev–Trinajstić information content (AvgIpc) is 2.65. The number of halogens is 2. The van der Waals surface area contributed by atoms with Gasteiger partial charge in [0.25, 0.3) is 5.56 Å². The van der Waals surface area contributed by atoms with Crippen LogP contribution in [0.15, 0.2) is 29.2 Å². The molecule has 28 heavy (non-hydrogen) atoms. The smallest absolute Gasteiger partial charge is 0.252 e. The normalized spacial score (nSPS) is 11.8. The van der Waals surface area contributed by atoms with Gasteiger partial charge in [-0.2, -0.15) is 5.26 Å². The van der Waals surface area contributed by atoms with Gasteiger partial charge in [-0.05, 0) is 32.0 Å². The lowest BCUT2D eigenvalue weighted by Crippen LogP contribution is -2.31. The summed E-state index contributed by atoms with van der Waals surface area (Å²) in [5, 5.41) is 11.4. The zero-order valence-electron chi connectivity index (χ0n) is 15.0. The number of hydrogen-bond donors (Lipinski definition) is 2. The monoisotopic (exact) mass is 383 g/mol. The van der Waals surface area contributed by atoms with E-state index in [2.05, 4.69) is 20.3 Å². The molecule has 2 N–H and O–H groups in total. The molecule has 7 nitrogen and oxygen atoms in total. The van der Waals surface area contributed by atoms with Crippen LogP contribution in [0.25, 0.3) is 10.9 Å². The number of aromatic nitrogens is 3. The standard InChI is InChI=1S/C19H15F2N5O2/c1-9-18(23-8-12(7-22)24-9)10(2)25-16(27)6-11-5-13-15(26-19(11)28)4-3-14(20)17(13)21/h3-5,8,10H,6H2,1-2H3,(H,25,27)(H,26,28)/t10-/m0/s1. The summed E-state index contributed by atoms with van der Waals surface area (Å²) in [5.41, 5.74) is 0.725. The minimum Gasteiger partial charge on any atom is -0.348 e. The van der Waals surface area contributed by atoms with Gasteiger partial charge in [0, 0.05) is 10.9 Å². The van der Waals surface area contributed by atoms with Gasteiger partial charge in [-0.15, -0.1) is 0 Å². The van der Waals surface area contributed by atoms with Crippen LogP contribution in [-0.2, 0) is 11.2 Å². The molecule has 0 bridgehead atoms. The predicted octanol–water partition coefficient (Wildman–Crippen LogP) is 2.20. The summed E-state index contributed by atoms with van der Waals surface area (Å²) in [4.78, 5) is 35.1. The number of aryl methyl sites for hydroxylation is 1. The number of fused-ring (bicyclic) bond motifs is 1. The number of pyridine rings is 1. The number of aromatic amines is 1. The Balaban J connectivity index is 1.81. The van der Waals surface area contributed by atoms with E-state index in [1.807, 2.05) is 6.07 Å². The first kappa shape index (κ1) is 19.1. The summed E-state index contributed by atoms with van der Waals surface area (Å²) in [5.74, 6) is -2.63. The molecule has 1 amide bonds. The van der Waals surface area contributed by atoms with E-state index in [-0.39, 0.29) is 28.6 Å². The number of H-pyrrole nitrogens is 1. The molecular weight excluding hydrogens is 368 g/mol. The molecule has 0 radical (unpaired) electrons. The summed E-state index contributed by atoms with van der Waals surface area (Å²) in [6, 6.07) is 4.70. The van der Waals surface area contributed by atoms with Crippen molar-refractivity contribution in [2.24, 2.45) is 0 Å². The van der Waals surface area contributed by atoms with E-state index in [1.165, 1.54) is 18.3 Å². The highest BCUT2D eigenvalue weighted by Gasteiger charge is 2.17. The van der Waals surface area contributed by atoms with E-state index in [0.29, 0.717) is 11.4 Å². The Hall–Kier alpha value is -3.67. The summed E-state index contributed by atoms with van der Waals surface area (Å²) < 4.78 is 27.4. The van der Waals surface area contributed by atoms with E-state index in [1.54, 1.807) is 13.8 Å². The van der Waals surface area contributed by atoms with Gasteiger partial charge >= 0.3 is 0 Å². The molecule has 0 unspecified atom stereocenters. The molecule has 0 aliphatic carbocycles. The molecule has 2 heterocycles. The molecule has 9 heteroatoms. The van der Waals surface area contributed by atoms with Crippen molar-refractivity contribution in [1.82, 2.24) is 20.3 Å². The fourth-order valence-corrected chi connectivity index (χ4v) is 2.89. The SMILES string of the molecule is Cc1nc(C#N)cnc1[C@H](C)NC(=O)Cc1cc2c(F)c(F)ccc2[nH]c1=O. The number of nitrogens with zero attached hydrogens (tertiary/aromatic N) is 3. The topological polar surface area (TPSA) is 112 Å². The molecule has 2 aromatic heterocycles. The molecule has 3 rings (SSSR count). The van der Waals surface area contributed by atoms with Crippen LogP contribution in [0.2, 0.25) is 0 Å². The van der Waals surface area contributed by atoms with Gasteiger partial charge in [0.2, 0.25) is 5.91 Å². The van der Waals surface area contributed by atoms with Crippen molar-refractivity contribution in [2.45, 2.75) is 26.3 Å². The maximum absolute atomic E-state index is 13.9. The number of carbonyl (C=O) groups is 1. The van der Waals surface area contributed by atoms with Crippen molar-refractivity contribution in [2.75, 3.05) is 0 Å². The van der Waals surface area contributed by atoms with E-state index in [4.69, 9.17) is 5.26 Å². The minimum atomic E-state index is -1.09. The van der Waals surface area contributed by atoms with Gasteiger partial charge < -0.3 is 10.3 Å². The molecule has 142 valence electrons. The number of carbonyl (C=O) groups excluding carboxylic acids is 1. The Bertz CT molecular complexity index is 1180. The molecule has 0 aliphatic heterocycles. The first-order valence-corrected chi connectivity index (χ1v) is 8.33. The summed E-state index contributed by atoms with van der Waals surface area (Å²) >= 11 is 0. The number of nitriles is 1. The second-order valence-corrected chi connectivity index (χ2v) is 6.25. The first-order chi connectivity index (χ1) is 13.3. The van der Waals surface area contributed by atoms with Gasteiger partial charge in [0.1, 0.15) is 6.07 Å². The minimum absolute atomic E-state index is 0.00401. The zero-order chi connectivity index (χ0) is 20.4. The molecule has 0 spiro atoms. The fraction of sp³-hybridized carbons (Fsp3) is 0.211. The molecule has 0 aliphatic rings. The molecule has 0 fully saturated rings. The zero-order valence-corrected chi connectivity index (χ0v) is 15.0. The lowest BCUT2D eigenvalue weighted by Gasteiger charge is -2.15. The Labute approximate surface area is 158 Å². The maximum atomic E-state index is 13.9. The van der Waals surface area contributed by atoms with Crippen LogP contribution in [0.5, 0.6) is 0 Å². The number of hydrogen-bond acceptors (Lipinski definition) is 5. The Kier molecular flexibility index (Phi) is 5.13. The lowest BCUT2D eigenvalue weighted by molar-refractivity contribution is -0.121. The molecular formula is C19H15F2N5O2. The lowest BCUT2D eigenvalue weighted by atomic mass is 10.1. The van der Waals surface area contributed by atoms with E-state index in [9.17, 15) is 18.4 Å². The van der Waals surface area contributed by atoms with Crippen molar-refractivity contribution in [1.29, 1.82) is 5.26 Å². The number of amides is 1. The summed E-state index contributed by atoms with van der Waals surface area (Å²) in [6.07, 6.45) is 0.977. The van der Waals surface area contributed by atoms with Crippen LogP contribution in [0, 0.1) is 29.9 Å². The van der Waals surface area contributed by atoms with Gasteiger partial charge in [0.05, 0.1) is 35.6 Å². The van der Waals surface area contributed by atoms with E-state index in [0.717, 1.165) is 6.07 Å². The molecule has 1 aromatic carbocycles. The average molecular weight is 383 g/mol. The third-order valence-electron chi connectivity index (χ3n) is 4.23. The maximum Gasteiger partial charge on any atom is 0.252 e. The summed E-state index contributed by atoms with van der Waals surface area (Å²) in [6.45, 7) is 3.35. The van der Waals surface area contributed by atoms with Crippen LogP contribution in [-0.4, -0.2) is 20.9 Å². The van der Waals surface area contributed by atoms with Crippen molar-refractivity contribution in [3.05, 3.63) is 69.0 Å². The highest BCUT2D eigenvalue weighted by Crippen LogP contribution is 2.19. The first-order valence-electron chi connectivity index (χ1n) is 8.33. The van der Waals surface area contributed by atoms with Crippen molar-refractivity contribution in [3.63, 3.8) is 0 Å². The molecule has 3 aromatic rings. The predicted molar refractivity (Wildman–Crippen MR) is 96.2 cm³/mol. The van der Waals surface area contributed by atoms with Crippen LogP contribution in [0.1, 0.15) is 35.6 Å². The van der Waals surface area contributed by atoms with Crippen LogP contribution in [0.4, 0.5) is 8.78 Å². The number of rotatable bonds is 4. The third kappa shape index (κ3) is 3.71. The van der Waals surface area contributed by atoms with Crippen LogP contribution >= 0.6 is 0 Å². The van der Waals surface area contributed by atoms with Gasteiger partial charge in [-0.3, -0.25) is 14.6 Å². The second-order valence-electron chi connectivity index (χ2n) is 6.25. The van der Waals surface area contributed by atoms with Crippen molar-refractivity contribution < 1.29 is 13.6 Å². The number of nitrogens with one attached hydrogen (secondary N) is 2. The van der Waals surface area contributed by atoms with Gasteiger partial charge in [-0.25, -0.2) is 13.8 Å². The molecule has 0 saturated carbocycles. The third-order valence-corrected chi connectivity index (χ3v) is 4.23. The van der Waals surface area contributed by atoms with Crippen molar-refractivity contribution in [3.8, 4) is 6.07 Å². The van der Waals surface area contributed by atoms with E-state index >= 15 is 0 Å². The second kappa shape index (κ2) is 7.52. The largest absolute Gasteiger partial charge is 0.348 e. The highest BCUT2D eigenvalue weighted by atomic mass is 19.2. The van der Waals surface area contributed by atoms with E-state index < -0.39 is 29.1 Å². The quantitative estimate of drug-likeness (QED) is 0.717. The number of benzene rings is 1. The Morgan fingerprint density at radius 3 is 2.82 bits per heavy atom. The Morgan fingerprint density at radius 2 is 2.14 bits per heavy atom. The molecule has 0 saturated heterocycles. The van der Waals surface area contributed by atoms with Gasteiger partial charge in [0.15, 0.2) is 17.3 Å². The summed E-state index contributed by atoms with van der Waals surface area (Å²) in [7, 11) is 0. The molecule has 1 atom stereocenters. The highest BCUT2D eigenvalue weighted by molar-refractivity contribution is 5.83. The Morgan fingerprint density at radius 1 is 1.39 bits per heavy atom. The van der Waals surface area contributed by atoms with Crippen LogP contribution < -0.4 is 10.9 Å². The van der Waals surface area contributed by atoms with Crippen molar-refractivity contribution >= 4 is 16.8 Å².